The minimum atomic E-state index is -0.372. The van der Waals surface area contributed by atoms with Crippen molar-refractivity contribution in [2.24, 2.45) is 0 Å². The number of pyridine rings is 1. The van der Waals surface area contributed by atoms with Crippen LogP contribution >= 0.6 is 0 Å². The van der Waals surface area contributed by atoms with Gasteiger partial charge in [-0.1, -0.05) is 12.1 Å². The number of anilines is 1. The molecule has 0 saturated heterocycles. The second-order valence-electron chi connectivity index (χ2n) is 4.21. The second-order valence-corrected chi connectivity index (χ2v) is 4.21. The molecule has 0 spiro atoms. The summed E-state index contributed by atoms with van der Waals surface area (Å²) in [6.45, 7) is 1.93. The van der Waals surface area contributed by atoms with Crippen LogP contribution in [-0.2, 0) is 6.42 Å². The number of benzene rings is 1. The van der Waals surface area contributed by atoms with Gasteiger partial charge in [-0.25, -0.2) is 13.8 Å². The third-order valence-electron chi connectivity index (χ3n) is 2.60. The van der Waals surface area contributed by atoms with Crippen LogP contribution in [0.4, 0.5) is 14.6 Å². The van der Waals surface area contributed by atoms with Gasteiger partial charge in [0.25, 0.3) is 0 Å². The van der Waals surface area contributed by atoms with Gasteiger partial charge in [0.05, 0.1) is 0 Å². The van der Waals surface area contributed by atoms with E-state index in [1.165, 1.54) is 24.4 Å². The molecule has 0 bridgehead atoms. The number of halogens is 2. The average Bonchev–Trinajstić information content (AvgIpc) is 2.35. The van der Waals surface area contributed by atoms with Crippen molar-refractivity contribution in [3.05, 3.63) is 59.8 Å². The van der Waals surface area contributed by atoms with Gasteiger partial charge < -0.3 is 5.32 Å². The van der Waals surface area contributed by atoms with Crippen molar-refractivity contribution in [3.8, 4) is 0 Å². The van der Waals surface area contributed by atoms with Crippen molar-refractivity contribution >= 4 is 5.82 Å². The Morgan fingerprint density at radius 2 is 1.89 bits per heavy atom. The van der Waals surface area contributed by atoms with E-state index in [4.69, 9.17) is 0 Å². The molecule has 0 amide bonds. The number of rotatable bonds is 4. The molecule has 2 nitrogen and oxygen atoms in total. The fourth-order valence-corrected chi connectivity index (χ4v) is 1.75. The van der Waals surface area contributed by atoms with Crippen LogP contribution in [0.15, 0.2) is 42.6 Å². The first kappa shape index (κ1) is 12.5. The molecule has 4 heteroatoms. The zero-order valence-corrected chi connectivity index (χ0v) is 10.0. The molecule has 1 unspecified atom stereocenters. The van der Waals surface area contributed by atoms with Crippen LogP contribution in [0.25, 0.3) is 0 Å². The molecule has 1 N–H and O–H groups in total. The summed E-state index contributed by atoms with van der Waals surface area (Å²) in [6.07, 6.45) is 2.21. The normalized spacial score (nSPS) is 12.2. The van der Waals surface area contributed by atoms with Gasteiger partial charge in [0.2, 0.25) is 0 Å². The quantitative estimate of drug-likeness (QED) is 0.897. The first-order valence-corrected chi connectivity index (χ1v) is 5.76. The maximum absolute atomic E-state index is 13.4. The molecule has 2 aromatic rings. The molecule has 1 atom stereocenters. The van der Waals surface area contributed by atoms with Crippen molar-refractivity contribution in [2.45, 2.75) is 19.4 Å². The molecule has 0 radical (unpaired) electrons. The molecule has 94 valence electrons. The van der Waals surface area contributed by atoms with Gasteiger partial charge in [-0.2, -0.15) is 0 Å². The van der Waals surface area contributed by atoms with Gasteiger partial charge in [-0.05, 0) is 43.2 Å². The molecule has 1 aromatic heterocycles. The van der Waals surface area contributed by atoms with Gasteiger partial charge in [0.15, 0.2) is 11.6 Å². The van der Waals surface area contributed by atoms with Crippen LogP contribution in [0.1, 0.15) is 12.5 Å². The minimum absolute atomic E-state index is 0.0138. The van der Waals surface area contributed by atoms with Crippen molar-refractivity contribution in [2.75, 3.05) is 5.32 Å². The highest BCUT2D eigenvalue weighted by Gasteiger charge is 2.07. The van der Waals surface area contributed by atoms with Crippen molar-refractivity contribution < 1.29 is 8.78 Å². The van der Waals surface area contributed by atoms with E-state index in [2.05, 4.69) is 10.3 Å². The van der Waals surface area contributed by atoms with Gasteiger partial charge >= 0.3 is 0 Å². The molecule has 0 aliphatic rings. The summed E-state index contributed by atoms with van der Waals surface area (Å²) in [4.78, 5) is 3.93. The fraction of sp³-hybridized carbons (Fsp3) is 0.214. The van der Waals surface area contributed by atoms with Gasteiger partial charge in [-0.3, -0.25) is 0 Å². The smallest absolute Gasteiger partial charge is 0.165 e. The van der Waals surface area contributed by atoms with Crippen LogP contribution in [0.3, 0.4) is 0 Å². The fourth-order valence-electron chi connectivity index (χ4n) is 1.75. The highest BCUT2D eigenvalue weighted by atomic mass is 19.1. The van der Waals surface area contributed by atoms with E-state index >= 15 is 0 Å². The third kappa shape index (κ3) is 3.26. The summed E-state index contributed by atoms with van der Waals surface area (Å²) in [5.74, 6) is -0.384. The van der Waals surface area contributed by atoms with Crippen LogP contribution in [0.5, 0.6) is 0 Å². The lowest BCUT2D eigenvalue weighted by Crippen LogP contribution is -2.19. The average molecular weight is 248 g/mol. The molecule has 2 rings (SSSR count). The van der Waals surface area contributed by atoms with Gasteiger partial charge in [0.1, 0.15) is 5.82 Å². The Morgan fingerprint density at radius 3 is 2.56 bits per heavy atom. The van der Waals surface area contributed by atoms with Crippen LogP contribution in [0.2, 0.25) is 0 Å². The van der Waals surface area contributed by atoms with E-state index in [9.17, 15) is 8.78 Å². The molecular formula is C14H14F2N2. The van der Waals surface area contributed by atoms with E-state index in [0.717, 1.165) is 5.56 Å². The second kappa shape index (κ2) is 5.58. The maximum Gasteiger partial charge on any atom is 0.165 e. The highest BCUT2D eigenvalue weighted by molar-refractivity contribution is 5.37. The molecule has 1 heterocycles. The Balaban J connectivity index is 1.99. The Labute approximate surface area is 105 Å². The lowest BCUT2D eigenvalue weighted by molar-refractivity contribution is 0.618. The summed E-state index contributed by atoms with van der Waals surface area (Å²) < 4.78 is 26.1. The Morgan fingerprint density at radius 1 is 1.17 bits per heavy atom. The number of aromatic nitrogens is 1. The monoisotopic (exact) mass is 248 g/mol. The van der Waals surface area contributed by atoms with E-state index in [1.54, 1.807) is 18.2 Å². The topological polar surface area (TPSA) is 24.9 Å². The number of nitrogens with zero attached hydrogens (tertiary/aromatic N) is 1. The molecule has 0 aliphatic heterocycles. The third-order valence-corrected chi connectivity index (χ3v) is 2.60. The SMILES string of the molecule is CC(Cc1ccc(F)cc1)Nc1ncccc1F. The van der Waals surface area contributed by atoms with E-state index < -0.39 is 0 Å². The predicted octanol–water partition coefficient (Wildman–Crippen LogP) is 3.40. The maximum atomic E-state index is 13.4. The number of hydrogen-bond acceptors (Lipinski definition) is 2. The molecule has 0 aliphatic carbocycles. The minimum Gasteiger partial charge on any atom is -0.365 e. The predicted molar refractivity (Wildman–Crippen MR) is 67.4 cm³/mol. The Kier molecular flexibility index (Phi) is 3.87. The van der Waals surface area contributed by atoms with E-state index in [1.807, 2.05) is 6.92 Å². The molecule has 18 heavy (non-hydrogen) atoms. The Hall–Kier alpha value is -1.97. The van der Waals surface area contributed by atoms with Crippen LogP contribution in [-0.4, -0.2) is 11.0 Å². The largest absolute Gasteiger partial charge is 0.365 e. The summed E-state index contributed by atoms with van der Waals surface area (Å²) >= 11 is 0. The zero-order chi connectivity index (χ0) is 13.0. The lowest BCUT2D eigenvalue weighted by Gasteiger charge is -2.14. The van der Waals surface area contributed by atoms with Gasteiger partial charge in [-0.15, -0.1) is 0 Å². The highest BCUT2D eigenvalue weighted by Crippen LogP contribution is 2.12. The first-order chi connectivity index (χ1) is 8.65. The number of hydrogen-bond donors (Lipinski definition) is 1. The number of nitrogens with one attached hydrogen (secondary N) is 1. The van der Waals surface area contributed by atoms with Gasteiger partial charge in [0, 0.05) is 12.2 Å². The summed E-state index contributed by atoms with van der Waals surface area (Å²) in [7, 11) is 0. The van der Waals surface area contributed by atoms with Crippen molar-refractivity contribution in [3.63, 3.8) is 0 Å². The van der Waals surface area contributed by atoms with Crippen molar-refractivity contribution in [1.82, 2.24) is 4.98 Å². The summed E-state index contributed by atoms with van der Waals surface area (Å²) in [5, 5.41) is 2.99. The van der Waals surface area contributed by atoms with Crippen LogP contribution < -0.4 is 5.32 Å². The van der Waals surface area contributed by atoms with Crippen LogP contribution in [0, 0.1) is 11.6 Å². The zero-order valence-electron chi connectivity index (χ0n) is 10.0. The molecular weight excluding hydrogens is 234 g/mol. The van der Waals surface area contributed by atoms with E-state index in [0.29, 0.717) is 6.42 Å². The standard InChI is InChI=1S/C14H14F2N2/c1-10(9-11-4-6-12(15)7-5-11)18-14-13(16)3-2-8-17-14/h2-8,10H,9H2,1H3,(H,17,18). The summed E-state index contributed by atoms with van der Waals surface area (Å²) in [5.41, 5.74) is 0.993. The summed E-state index contributed by atoms with van der Waals surface area (Å²) in [6, 6.07) is 9.21. The molecule has 1 aromatic carbocycles. The van der Waals surface area contributed by atoms with Crippen molar-refractivity contribution in [1.29, 1.82) is 0 Å². The lowest BCUT2D eigenvalue weighted by atomic mass is 10.1. The Bertz CT molecular complexity index is 511. The van der Waals surface area contributed by atoms with E-state index in [-0.39, 0.29) is 23.5 Å². The molecule has 0 saturated carbocycles. The first-order valence-electron chi connectivity index (χ1n) is 5.76. The molecule has 0 fully saturated rings.